The summed E-state index contributed by atoms with van der Waals surface area (Å²) in [4.78, 5) is 34.8. The van der Waals surface area contributed by atoms with Crippen molar-refractivity contribution in [2.24, 2.45) is 5.92 Å². The normalized spacial score (nSPS) is 11.8. The molecule has 0 spiro atoms. The largest absolute Gasteiger partial charge is 0.481 e. The van der Waals surface area contributed by atoms with Gasteiger partial charge in [-0.15, -0.1) is 11.8 Å². The van der Waals surface area contributed by atoms with Gasteiger partial charge in [0.05, 0.1) is 15.7 Å². The maximum atomic E-state index is 11.9. The van der Waals surface area contributed by atoms with Gasteiger partial charge in [-0.25, -0.2) is 0 Å². The van der Waals surface area contributed by atoms with Crippen LogP contribution in [0.25, 0.3) is 0 Å². The number of nitro benzene ring substituents is 1. The molecular formula is C13H16N2O5S. The van der Waals surface area contributed by atoms with E-state index in [1.165, 1.54) is 30.0 Å². The molecule has 0 heterocycles. The van der Waals surface area contributed by atoms with Gasteiger partial charge in [-0.2, -0.15) is 0 Å². The van der Waals surface area contributed by atoms with Gasteiger partial charge >= 0.3 is 5.97 Å². The molecule has 21 heavy (non-hydrogen) atoms. The van der Waals surface area contributed by atoms with E-state index in [-0.39, 0.29) is 17.3 Å². The molecule has 0 bridgehead atoms. The van der Waals surface area contributed by atoms with E-state index in [2.05, 4.69) is 0 Å². The number of carbonyl (C=O) groups is 2. The number of carboxylic acid groups (broad SMARTS) is 1. The van der Waals surface area contributed by atoms with Gasteiger partial charge in [-0.05, 0) is 12.1 Å². The molecule has 1 rings (SSSR count). The van der Waals surface area contributed by atoms with E-state index < -0.39 is 16.8 Å². The Morgan fingerprint density at radius 1 is 1.43 bits per heavy atom. The third-order valence-electron chi connectivity index (χ3n) is 2.72. The lowest BCUT2D eigenvalue weighted by atomic mass is 10.2. The molecule has 114 valence electrons. The van der Waals surface area contributed by atoms with E-state index in [0.717, 1.165) is 11.8 Å². The third-order valence-corrected chi connectivity index (χ3v) is 4.02. The minimum absolute atomic E-state index is 0.132. The summed E-state index contributed by atoms with van der Waals surface area (Å²) in [7, 11) is 3.17. The van der Waals surface area contributed by atoms with E-state index >= 15 is 0 Å². The van der Waals surface area contributed by atoms with Crippen molar-refractivity contribution in [3.63, 3.8) is 0 Å². The fourth-order valence-corrected chi connectivity index (χ4v) is 2.53. The lowest BCUT2D eigenvalue weighted by Gasteiger charge is -2.12. The Morgan fingerprint density at radius 3 is 2.52 bits per heavy atom. The quantitative estimate of drug-likeness (QED) is 0.490. The van der Waals surface area contributed by atoms with Crippen LogP contribution in [-0.4, -0.2) is 46.7 Å². The van der Waals surface area contributed by atoms with E-state index in [1.807, 2.05) is 0 Å². The van der Waals surface area contributed by atoms with E-state index in [0.29, 0.717) is 10.5 Å². The molecule has 1 aromatic carbocycles. The maximum Gasteiger partial charge on any atom is 0.307 e. The second-order valence-corrected chi connectivity index (χ2v) is 5.75. The van der Waals surface area contributed by atoms with Crippen molar-refractivity contribution >= 4 is 29.3 Å². The Labute approximate surface area is 126 Å². The van der Waals surface area contributed by atoms with Gasteiger partial charge in [0.25, 0.3) is 11.6 Å². The summed E-state index contributed by atoms with van der Waals surface area (Å²) in [6, 6.07) is 4.09. The van der Waals surface area contributed by atoms with Crippen molar-refractivity contribution in [2.45, 2.75) is 11.8 Å². The van der Waals surface area contributed by atoms with Gasteiger partial charge in [0, 0.05) is 31.5 Å². The molecule has 8 heteroatoms. The molecule has 7 nitrogen and oxygen atoms in total. The van der Waals surface area contributed by atoms with Gasteiger partial charge < -0.3 is 10.0 Å². The van der Waals surface area contributed by atoms with Crippen LogP contribution in [0.3, 0.4) is 0 Å². The molecule has 0 aromatic heterocycles. The Balaban J connectivity index is 3.07. The summed E-state index contributed by atoms with van der Waals surface area (Å²) in [5.74, 6) is -1.68. The number of thioether (sulfide) groups is 1. The summed E-state index contributed by atoms with van der Waals surface area (Å²) in [5.41, 5.74) is 0.198. The topological polar surface area (TPSA) is 101 Å². The van der Waals surface area contributed by atoms with E-state index in [1.54, 1.807) is 14.1 Å². The standard InChI is InChI=1S/C13H16N2O5S/c1-8(13(17)18)7-21-11-6-9(12(16)14(2)3)4-5-10(11)15(19)20/h4-6,8H,7H2,1-3H3,(H,17,18). The Bertz CT molecular complexity index is 574. The number of carbonyl (C=O) groups excluding carboxylic acids is 1. The van der Waals surface area contributed by atoms with Crippen LogP contribution in [0.2, 0.25) is 0 Å². The first-order valence-electron chi connectivity index (χ1n) is 6.09. The third kappa shape index (κ3) is 4.45. The minimum Gasteiger partial charge on any atom is -0.481 e. The van der Waals surface area contributed by atoms with Crippen LogP contribution in [0.1, 0.15) is 17.3 Å². The summed E-state index contributed by atoms with van der Waals surface area (Å²) >= 11 is 1.06. The maximum absolute atomic E-state index is 11.9. The van der Waals surface area contributed by atoms with Crippen LogP contribution < -0.4 is 0 Å². The number of aliphatic carboxylic acids is 1. The number of rotatable bonds is 6. The van der Waals surface area contributed by atoms with Crippen molar-refractivity contribution < 1.29 is 19.6 Å². The Kier molecular flexibility index (Phi) is 5.71. The molecule has 1 atom stereocenters. The number of amides is 1. The van der Waals surface area contributed by atoms with Crippen molar-refractivity contribution in [2.75, 3.05) is 19.8 Å². The minimum atomic E-state index is -0.967. The zero-order chi connectivity index (χ0) is 16.2. The fraction of sp³-hybridized carbons (Fsp3) is 0.385. The van der Waals surface area contributed by atoms with Crippen LogP contribution in [0.4, 0.5) is 5.69 Å². The summed E-state index contributed by atoms with van der Waals surface area (Å²) in [6.45, 7) is 1.52. The summed E-state index contributed by atoms with van der Waals surface area (Å²) < 4.78 is 0. The highest BCUT2D eigenvalue weighted by Gasteiger charge is 2.20. The van der Waals surface area contributed by atoms with Gasteiger partial charge in [0.1, 0.15) is 0 Å². The number of carboxylic acids is 1. The summed E-state index contributed by atoms with van der Waals surface area (Å²) in [5, 5.41) is 19.8. The van der Waals surface area contributed by atoms with E-state index in [9.17, 15) is 19.7 Å². The van der Waals surface area contributed by atoms with Crippen molar-refractivity contribution in [1.29, 1.82) is 0 Å². The van der Waals surface area contributed by atoms with E-state index in [4.69, 9.17) is 5.11 Å². The predicted molar refractivity (Wildman–Crippen MR) is 78.6 cm³/mol. The first-order chi connectivity index (χ1) is 9.73. The smallest absolute Gasteiger partial charge is 0.307 e. The molecule has 0 saturated heterocycles. The van der Waals surface area contributed by atoms with Crippen LogP contribution in [0.15, 0.2) is 23.1 Å². The molecule has 0 fully saturated rings. The zero-order valence-corrected chi connectivity index (χ0v) is 12.7. The van der Waals surface area contributed by atoms with Gasteiger partial charge in [-0.3, -0.25) is 19.7 Å². The first-order valence-corrected chi connectivity index (χ1v) is 7.08. The molecule has 0 aliphatic rings. The lowest BCUT2D eigenvalue weighted by Crippen LogP contribution is -2.21. The highest BCUT2D eigenvalue weighted by atomic mass is 32.2. The second kappa shape index (κ2) is 7.07. The number of hydrogen-bond acceptors (Lipinski definition) is 5. The zero-order valence-electron chi connectivity index (χ0n) is 11.9. The number of nitro groups is 1. The Morgan fingerprint density at radius 2 is 2.05 bits per heavy atom. The SMILES string of the molecule is CC(CSc1cc(C(=O)N(C)C)ccc1[N+](=O)[O-])C(=O)O. The highest BCUT2D eigenvalue weighted by Crippen LogP contribution is 2.31. The first kappa shape index (κ1) is 17.0. The molecule has 1 amide bonds. The molecule has 1 unspecified atom stereocenters. The molecule has 1 aromatic rings. The van der Waals surface area contributed by atoms with Crippen LogP contribution >= 0.6 is 11.8 Å². The van der Waals surface area contributed by atoms with Gasteiger partial charge in [0.2, 0.25) is 0 Å². The molecule has 1 N–H and O–H groups in total. The number of nitrogens with zero attached hydrogens (tertiary/aromatic N) is 2. The molecule has 0 aliphatic heterocycles. The highest BCUT2D eigenvalue weighted by molar-refractivity contribution is 7.99. The van der Waals surface area contributed by atoms with Crippen molar-refractivity contribution in [3.8, 4) is 0 Å². The average Bonchev–Trinajstić information content (AvgIpc) is 2.42. The van der Waals surface area contributed by atoms with Gasteiger partial charge in [0.15, 0.2) is 0 Å². The molecular weight excluding hydrogens is 296 g/mol. The molecule has 0 saturated carbocycles. The van der Waals surface area contributed by atoms with Crippen LogP contribution in [-0.2, 0) is 4.79 Å². The molecule has 0 aliphatic carbocycles. The number of benzene rings is 1. The average molecular weight is 312 g/mol. The molecule has 0 radical (unpaired) electrons. The number of hydrogen-bond donors (Lipinski definition) is 1. The summed E-state index contributed by atoms with van der Waals surface area (Å²) in [6.07, 6.45) is 0. The lowest BCUT2D eigenvalue weighted by molar-refractivity contribution is -0.387. The van der Waals surface area contributed by atoms with Gasteiger partial charge in [-0.1, -0.05) is 6.92 Å². The second-order valence-electron chi connectivity index (χ2n) is 4.69. The van der Waals surface area contributed by atoms with Crippen LogP contribution in [0.5, 0.6) is 0 Å². The Hall–Kier alpha value is -2.09. The van der Waals surface area contributed by atoms with Crippen LogP contribution in [0, 0.1) is 16.0 Å². The monoisotopic (exact) mass is 312 g/mol. The van der Waals surface area contributed by atoms with Crippen molar-refractivity contribution in [1.82, 2.24) is 4.90 Å². The fourth-order valence-electron chi connectivity index (χ4n) is 1.46. The van der Waals surface area contributed by atoms with Crippen molar-refractivity contribution in [3.05, 3.63) is 33.9 Å². The predicted octanol–water partition coefficient (Wildman–Crippen LogP) is 2.11.